The van der Waals surface area contributed by atoms with Crippen LogP contribution in [0.25, 0.3) is 0 Å². The molecule has 3 heteroatoms. The average Bonchev–Trinajstić information content (AvgIpc) is 1.82. The second kappa shape index (κ2) is 5.58. The Kier molecular flexibility index (Phi) is 5.90. The van der Waals surface area contributed by atoms with Crippen molar-refractivity contribution in [2.75, 3.05) is 0 Å². The van der Waals surface area contributed by atoms with Gasteiger partial charge >= 0.3 is 51.4 Å². The van der Waals surface area contributed by atoms with Gasteiger partial charge in [-0.2, -0.15) is 0 Å². The summed E-state index contributed by atoms with van der Waals surface area (Å²) in [6.45, 7) is 5.84. The van der Waals surface area contributed by atoms with E-state index >= 15 is 0 Å². The summed E-state index contributed by atoms with van der Waals surface area (Å²) in [5, 5.41) is 10.8. The van der Waals surface area contributed by atoms with Crippen LogP contribution in [-0.4, -0.2) is 5.05 Å². The first-order chi connectivity index (χ1) is 5.52. The molecule has 0 spiro atoms. The van der Waals surface area contributed by atoms with Crippen molar-refractivity contribution in [3.05, 3.63) is 34.4 Å². The normalized spacial score (nSPS) is 9.15. The van der Waals surface area contributed by atoms with Crippen molar-refractivity contribution in [1.82, 2.24) is 0 Å². The molecule has 0 aliphatic heterocycles. The van der Waals surface area contributed by atoms with Gasteiger partial charge in [-0.25, -0.2) is 0 Å². The van der Waals surface area contributed by atoms with Crippen LogP contribution in [0.4, 0.5) is 0 Å². The Morgan fingerprint density at radius 2 is 1.54 bits per heavy atom. The Hall–Kier alpha value is 0.746. The van der Waals surface area contributed by atoms with E-state index in [0.717, 1.165) is 11.1 Å². The number of aryl methyl sites for hydroxylation is 3. The second-order valence-corrected chi connectivity index (χ2v) is 3.43. The molecule has 1 aromatic rings. The van der Waals surface area contributed by atoms with Gasteiger partial charge in [-0.3, -0.25) is 0 Å². The summed E-state index contributed by atoms with van der Waals surface area (Å²) in [5.41, 5.74) is 3.82. The topological polar surface area (TPSA) is 23.1 Å². The van der Waals surface area contributed by atoms with Gasteiger partial charge < -0.3 is 5.11 Å². The molecule has 0 atom stereocenters. The minimum Gasteiger partial charge on any atom is -0.864 e. The predicted molar refractivity (Wildman–Crippen MR) is 52.4 cm³/mol. The van der Waals surface area contributed by atoms with Crippen LogP contribution in [0.5, 0.6) is 0 Å². The standard InChI is InChI=1S/C10H12OS.K/c1-6-4-7(2)9(10(11)12)8(3)5-6;/h4-5H,1-3H3,(H,11,12);/q;+1/p-1. The second-order valence-electron chi connectivity index (χ2n) is 3.06. The molecule has 1 aromatic carbocycles. The molecular weight excluding hydrogens is 207 g/mol. The van der Waals surface area contributed by atoms with Gasteiger partial charge in [0.1, 0.15) is 0 Å². The molecule has 13 heavy (non-hydrogen) atoms. The van der Waals surface area contributed by atoms with Crippen LogP contribution in [0.2, 0.25) is 0 Å². The SMILES string of the molecule is Cc1cc(C)c(C([O-])=S)c(C)c1.[K+]. The molecule has 0 fully saturated rings. The molecule has 0 amide bonds. The maximum Gasteiger partial charge on any atom is 1.00 e. The van der Waals surface area contributed by atoms with Crippen LogP contribution < -0.4 is 56.5 Å². The summed E-state index contributed by atoms with van der Waals surface area (Å²) in [7, 11) is 0. The molecule has 0 radical (unpaired) electrons. The average molecular weight is 218 g/mol. The van der Waals surface area contributed by atoms with Crippen LogP contribution in [0, 0.1) is 20.8 Å². The van der Waals surface area contributed by atoms with E-state index < -0.39 is 0 Å². The number of hydrogen-bond acceptors (Lipinski definition) is 2. The number of rotatable bonds is 1. The Balaban J connectivity index is 0.00000144. The summed E-state index contributed by atoms with van der Waals surface area (Å²) >= 11 is 4.62. The molecule has 1 nitrogen and oxygen atoms in total. The fraction of sp³-hybridized carbons (Fsp3) is 0.300. The smallest absolute Gasteiger partial charge is 0.864 e. The van der Waals surface area contributed by atoms with Gasteiger partial charge in [0.2, 0.25) is 0 Å². The third kappa shape index (κ3) is 3.42. The molecule has 64 valence electrons. The van der Waals surface area contributed by atoms with E-state index in [9.17, 15) is 5.11 Å². The van der Waals surface area contributed by atoms with E-state index in [0.29, 0.717) is 5.56 Å². The van der Waals surface area contributed by atoms with E-state index in [1.165, 1.54) is 5.56 Å². The van der Waals surface area contributed by atoms with Gasteiger partial charge in [0, 0.05) is 0 Å². The van der Waals surface area contributed by atoms with E-state index in [4.69, 9.17) is 0 Å². The minimum absolute atomic E-state index is 0. The molecule has 0 heterocycles. The molecule has 0 saturated carbocycles. The van der Waals surface area contributed by atoms with Gasteiger partial charge in [-0.1, -0.05) is 29.9 Å². The van der Waals surface area contributed by atoms with Crippen molar-refractivity contribution >= 4 is 17.3 Å². The minimum atomic E-state index is -0.259. The van der Waals surface area contributed by atoms with Crippen LogP contribution in [0.1, 0.15) is 22.3 Å². The first kappa shape index (κ1) is 13.7. The fourth-order valence-electron chi connectivity index (χ4n) is 1.50. The zero-order chi connectivity index (χ0) is 9.30. The van der Waals surface area contributed by atoms with Gasteiger partial charge in [-0.15, -0.1) is 0 Å². The molecule has 0 aromatic heterocycles. The first-order valence-corrected chi connectivity index (χ1v) is 4.22. The largest absolute Gasteiger partial charge is 1.00 e. The summed E-state index contributed by atoms with van der Waals surface area (Å²) in [4.78, 5) is 0. The molecule has 0 bridgehead atoms. The molecule has 0 aliphatic carbocycles. The number of benzene rings is 1. The van der Waals surface area contributed by atoms with Gasteiger partial charge in [0.25, 0.3) is 0 Å². The van der Waals surface area contributed by atoms with E-state index in [-0.39, 0.29) is 56.4 Å². The fourth-order valence-corrected chi connectivity index (χ4v) is 1.82. The predicted octanol–water partition coefficient (Wildman–Crippen LogP) is -1.35. The first-order valence-electron chi connectivity index (χ1n) is 3.81. The molecular formula is C10H11KOS. The van der Waals surface area contributed by atoms with Crippen LogP contribution in [-0.2, 0) is 0 Å². The summed E-state index contributed by atoms with van der Waals surface area (Å²) in [6, 6.07) is 3.96. The summed E-state index contributed by atoms with van der Waals surface area (Å²) < 4.78 is 0. The summed E-state index contributed by atoms with van der Waals surface area (Å²) in [5.74, 6) is 0. The van der Waals surface area contributed by atoms with Gasteiger partial charge in [0.05, 0.1) is 0 Å². The molecule has 0 unspecified atom stereocenters. The zero-order valence-corrected chi connectivity index (χ0v) is 12.4. The summed E-state index contributed by atoms with van der Waals surface area (Å²) in [6.07, 6.45) is 0. The van der Waals surface area contributed by atoms with Crippen molar-refractivity contribution in [2.45, 2.75) is 20.8 Å². The van der Waals surface area contributed by atoms with Crippen molar-refractivity contribution in [2.24, 2.45) is 0 Å². The van der Waals surface area contributed by atoms with Crippen molar-refractivity contribution < 1.29 is 56.5 Å². The van der Waals surface area contributed by atoms with Crippen molar-refractivity contribution in [3.63, 3.8) is 0 Å². The third-order valence-electron chi connectivity index (χ3n) is 1.88. The Morgan fingerprint density at radius 1 is 1.15 bits per heavy atom. The quantitative estimate of drug-likeness (QED) is 0.430. The maximum absolute atomic E-state index is 11.0. The Labute approximate surface area is 127 Å². The van der Waals surface area contributed by atoms with E-state index in [2.05, 4.69) is 12.2 Å². The maximum atomic E-state index is 11.0. The van der Waals surface area contributed by atoms with Gasteiger partial charge in [0.15, 0.2) is 0 Å². The Bertz CT molecular complexity index is 311. The number of hydrogen-bond donors (Lipinski definition) is 0. The molecule has 0 aliphatic rings. The van der Waals surface area contributed by atoms with Crippen molar-refractivity contribution in [1.29, 1.82) is 0 Å². The van der Waals surface area contributed by atoms with Gasteiger partial charge in [-0.05, 0) is 42.5 Å². The van der Waals surface area contributed by atoms with Crippen LogP contribution >= 0.6 is 12.2 Å². The van der Waals surface area contributed by atoms with Crippen molar-refractivity contribution in [3.8, 4) is 0 Å². The van der Waals surface area contributed by atoms with Crippen LogP contribution in [0.15, 0.2) is 12.1 Å². The Morgan fingerprint density at radius 3 is 1.85 bits per heavy atom. The zero-order valence-electron chi connectivity index (χ0n) is 8.47. The molecule has 1 rings (SSSR count). The number of thiocarbonyl (C=S) groups is 1. The van der Waals surface area contributed by atoms with E-state index in [1.807, 2.05) is 32.9 Å². The third-order valence-corrected chi connectivity index (χ3v) is 2.09. The molecule has 0 N–H and O–H groups in total. The van der Waals surface area contributed by atoms with E-state index in [1.54, 1.807) is 0 Å². The molecule has 0 saturated heterocycles. The monoisotopic (exact) mass is 218 g/mol. The van der Waals surface area contributed by atoms with Crippen LogP contribution in [0.3, 0.4) is 0 Å².